The van der Waals surface area contributed by atoms with Crippen molar-refractivity contribution < 1.29 is 24.2 Å². The van der Waals surface area contributed by atoms with E-state index in [0.717, 1.165) is 11.1 Å². The number of fused-ring (bicyclic) bond motifs is 1. The predicted octanol–water partition coefficient (Wildman–Crippen LogP) is 0.858. The van der Waals surface area contributed by atoms with Crippen molar-refractivity contribution in [2.45, 2.75) is 19.0 Å². The van der Waals surface area contributed by atoms with E-state index in [0.29, 0.717) is 6.42 Å². The van der Waals surface area contributed by atoms with Crippen LogP contribution in [0.3, 0.4) is 0 Å². The summed E-state index contributed by atoms with van der Waals surface area (Å²) in [6.07, 6.45) is 1.66. The second-order valence-electron chi connectivity index (χ2n) is 5.82. The molecule has 1 aromatic carbocycles. The Kier molecular flexibility index (Phi) is 4.26. The van der Waals surface area contributed by atoms with E-state index in [2.05, 4.69) is 5.10 Å². The molecule has 8 heteroatoms. The molecule has 0 fully saturated rings. The largest absolute Gasteiger partial charge is 0.476 e. The highest BCUT2D eigenvalue weighted by Crippen LogP contribution is 2.26. The maximum absolute atomic E-state index is 13.0. The van der Waals surface area contributed by atoms with Crippen molar-refractivity contribution in [2.75, 3.05) is 7.11 Å². The van der Waals surface area contributed by atoms with Gasteiger partial charge in [0.1, 0.15) is 6.04 Å². The molecule has 1 aliphatic heterocycles. The summed E-state index contributed by atoms with van der Waals surface area (Å²) in [5.74, 6) is -2.39. The summed E-state index contributed by atoms with van der Waals surface area (Å²) in [5.41, 5.74) is 1.49. The lowest BCUT2D eigenvalue weighted by molar-refractivity contribution is -0.146. The summed E-state index contributed by atoms with van der Waals surface area (Å²) in [4.78, 5) is 37.9. The van der Waals surface area contributed by atoms with E-state index in [1.807, 2.05) is 24.3 Å². The molecule has 0 aliphatic carbocycles. The fourth-order valence-corrected chi connectivity index (χ4v) is 3.04. The molecule has 1 aromatic heterocycles. The van der Waals surface area contributed by atoms with Crippen LogP contribution in [0, 0.1) is 0 Å². The smallest absolute Gasteiger partial charge is 0.357 e. The lowest BCUT2D eigenvalue weighted by Crippen LogP contribution is -2.49. The number of methoxy groups -OCH3 is 1. The molecule has 0 saturated heterocycles. The molecule has 130 valence electrons. The summed E-state index contributed by atoms with van der Waals surface area (Å²) < 4.78 is 6.10. The van der Waals surface area contributed by atoms with Crippen molar-refractivity contribution in [3.8, 4) is 0 Å². The minimum Gasteiger partial charge on any atom is -0.476 e. The summed E-state index contributed by atoms with van der Waals surface area (Å²) in [7, 11) is 2.80. The van der Waals surface area contributed by atoms with Crippen molar-refractivity contribution in [2.24, 2.45) is 7.05 Å². The zero-order chi connectivity index (χ0) is 18.1. The Morgan fingerprint density at radius 3 is 2.56 bits per heavy atom. The highest BCUT2D eigenvalue weighted by atomic mass is 16.5. The van der Waals surface area contributed by atoms with Crippen LogP contribution in [-0.2, 0) is 29.5 Å². The molecule has 25 heavy (non-hydrogen) atoms. The highest BCUT2D eigenvalue weighted by molar-refractivity contribution is 6.04. The standard InChI is InChI=1S/C17H17N3O5/c1-19-9-12(14(18-19)16(22)23)15(21)20-8-11-6-4-3-5-10(11)7-13(20)17(24)25-2/h3-6,9,13H,7-8H2,1-2H3,(H,22,23). The van der Waals surface area contributed by atoms with E-state index in [9.17, 15) is 19.5 Å². The average Bonchev–Trinajstić information content (AvgIpc) is 3.01. The number of benzene rings is 1. The van der Waals surface area contributed by atoms with Crippen molar-refractivity contribution in [3.63, 3.8) is 0 Å². The quantitative estimate of drug-likeness (QED) is 0.830. The van der Waals surface area contributed by atoms with Gasteiger partial charge in [0, 0.05) is 26.2 Å². The van der Waals surface area contributed by atoms with Crippen LogP contribution in [0.5, 0.6) is 0 Å². The molecular weight excluding hydrogens is 326 g/mol. The number of aromatic carboxylic acids is 1. The van der Waals surface area contributed by atoms with Crippen LogP contribution < -0.4 is 0 Å². The Morgan fingerprint density at radius 1 is 1.24 bits per heavy atom. The molecule has 0 radical (unpaired) electrons. The van der Waals surface area contributed by atoms with E-state index in [4.69, 9.17) is 4.74 Å². The lowest BCUT2D eigenvalue weighted by atomic mass is 9.93. The van der Waals surface area contributed by atoms with Crippen LogP contribution in [0.15, 0.2) is 30.5 Å². The number of carbonyl (C=O) groups excluding carboxylic acids is 2. The van der Waals surface area contributed by atoms with Gasteiger partial charge in [0.2, 0.25) is 0 Å². The maximum atomic E-state index is 13.0. The third-order valence-electron chi connectivity index (χ3n) is 4.24. The normalized spacial score (nSPS) is 16.2. The number of rotatable bonds is 3. The molecule has 2 heterocycles. The van der Waals surface area contributed by atoms with Gasteiger partial charge in [-0.25, -0.2) is 9.59 Å². The van der Waals surface area contributed by atoms with Gasteiger partial charge in [-0.3, -0.25) is 9.48 Å². The van der Waals surface area contributed by atoms with E-state index in [1.165, 1.54) is 29.9 Å². The number of esters is 1. The molecule has 1 atom stereocenters. The fourth-order valence-electron chi connectivity index (χ4n) is 3.04. The van der Waals surface area contributed by atoms with Crippen molar-refractivity contribution in [1.29, 1.82) is 0 Å². The minimum atomic E-state index is -1.30. The number of carboxylic acid groups (broad SMARTS) is 1. The Balaban J connectivity index is 2.02. The summed E-state index contributed by atoms with van der Waals surface area (Å²) in [5, 5.41) is 13.1. The number of aryl methyl sites for hydroxylation is 1. The van der Waals surface area contributed by atoms with Crippen LogP contribution >= 0.6 is 0 Å². The second kappa shape index (κ2) is 6.39. The molecule has 0 bridgehead atoms. The average molecular weight is 343 g/mol. The molecule has 1 N–H and O–H groups in total. The maximum Gasteiger partial charge on any atom is 0.357 e. The first kappa shape index (κ1) is 16.7. The number of carbonyl (C=O) groups is 3. The van der Waals surface area contributed by atoms with Gasteiger partial charge >= 0.3 is 11.9 Å². The molecule has 0 spiro atoms. The first-order valence-corrected chi connectivity index (χ1v) is 7.65. The lowest BCUT2D eigenvalue weighted by Gasteiger charge is -2.35. The SMILES string of the molecule is COC(=O)C1Cc2ccccc2CN1C(=O)c1cn(C)nc1C(=O)O. The molecule has 8 nitrogen and oxygen atoms in total. The predicted molar refractivity (Wildman–Crippen MR) is 86.0 cm³/mol. The first-order chi connectivity index (χ1) is 11.9. The van der Waals surface area contributed by atoms with Crippen LogP contribution in [0.2, 0.25) is 0 Å². The van der Waals surface area contributed by atoms with Gasteiger partial charge in [0.15, 0.2) is 5.69 Å². The van der Waals surface area contributed by atoms with Gasteiger partial charge in [-0.1, -0.05) is 24.3 Å². The molecule has 1 unspecified atom stereocenters. The Hall–Kier alpha value is -3.16. The van der Waals surface area contributed by atoms with Crippen molar-refractivity contribution in [3.05, 3.63) is 52.8 Å². The monoisotopic (exact) mass is 343 g/mol. The van der Waals surface area contributed by atoms with E-state index in [1.54, 1.807) is 0 Å². The molecule has 1 aliphatic rings. The number of ether oxygens (including phenoxy) is 1. The number of amides is 1. The summed E-state index contributed by atoms with van der Waals surface area (Å²) >= 11 is 0. The third-order valence-corrected chi connectivity index (χ3v) is 4.24. The minimum absolute atomic E-state index is 0.0525. The van der Waals surface area contributed by atoms with Crippen LogP contribution in [0.1, 0.15) is 32.0 Å². The van der Waals surface area contributed by atoms with Gasteiger partial charge in [-0.05, 0) is 11.1 Å². The number of aromatic nitrogens is 2. The number of nitrogens with zero attached hydrogens (tertiary/aromatic N) is 3. The second-order valence-corrected chi connectivity index (χ2v) is 5.82. The van der Waals surface area contributed by atoms with Gasteiger partial charge in [0.05, 0.1) is 12.7 Å². The van der Waals surface area contributed by atoms with Crippen molar-refractivity contribution in [1.82, 2.24) is 14.7 Å². The first-order valence-electron chi connectivity index (χ1n) is 7.65. The van der Waals surface area contributed by atoms with Crippen LogP contribution in [0.4, 0.5) is 0 Å². The van der Waals surface area contributed by atoms with E-state index >= 15 is 0 Å². The summed E-state index contributed by atoms with van der Waals surface area (Å²) in [6.45, 7) is 0.197. The van der Waals surface area contributed by atoms with Crippen LogP contribution in [-0.4, -0.2) is 50.8 Å². The van der Waals surface area contributed by atoms with Crippen LogP contribution in [0.25, 0.3) is 0 Å². The third kappa shape index (κ3) is 2.98. The highest BCUT2D eigenvalue weighted by Gasteiger charge is 2.37. The zero-order valence-corrected chi connectivity index (χ0v) is 13.8. The van der Waals surface area contributed by atoms with E-state index in [-0.39, 0.29) is 17.8 Å². The van der Waals surface area contributed by atoms with Gasteiger partial charge < -0.3 is 14.7 Å². The Bertz CT molecular complexity index is 858. The van der Waals surface area contributed by atoms with Crippen molar-refractivity contribution >= 4 is 17.8 Å². The number of hydrogen-bond donors (Lipinski definition) is 1. The van der Waals surface area contributed by atoms with Gasteiger partial charge in [-0.15, -0.1) is 0 Å². The Labute approximate surface area is 143 Å². The fraction of sp³-hybridized carbons (Fsp3) is 0.294. The zero-order valence-electron chi connectivity index (χ0n) is 13.8. The van der Waals surface area contributed by atoms with Gasteiger partial charge in [-0.2, -0.15) is 5.10 Å². The molecule has 3 rings (SSSR count). The Morgan fingerprint density at radius 2 is 1.92 bits per heavy atom. The molecule has 2 aromatic rings. The number of hydrogen-bond acceptors (Lipinski definition) is 5. The summed E-state index contributed by atoms with van der Waals surface area (Å²) in [6, 6.07) is 6.69. The molecule has 0 saturated carbocycles. The number of carboxylic acids is 1. The molecule has 1 amide bonds. The molecular formula is C17H17N3O5. The topological polar surface area (TPSA) is 102 Å². The van der Waals surface area contributed by atoms with Gasteiger partial charge in [0.25, 0.3) is 5.91 Å². The van der Waals surface area contributed by atoms with E-state index < -0.39 is 23.9 Å².